The summed E-state index contributed by atoms with van der Waals surface area (Å²) < 4.78 is 25.2. The number of carbonyl (C=O) groups excluding carboxylic acids is 1. The van der Waals surface area contributed by atoms with E-state index in [9.17, 15) is 9.18 Å². The lowest BCUT2D eigenvalue weighted by molar-refractivity contribution is -0.111. The lowest BCUT2D eigenvalue weighted by Gasteiger charge is -2.18. The van der Waals surface area contributed by atoms with E-state index in [0.717, 1.165) is 13.0 Å². The number of carbonyl (C=O) groups is 1. The number of amides is 1. The number of hydrogen-bond donors (Lipinski definition) is 3. The van der Waals surface area contributed by atoms with Gasteiger partial charge in [-0.25, -0.2) is 14.4 Å². The molecule has 1 saturated heterocycles. The molecule has 37 heavy (non-hydrogen) atoms. The number of aliphatic hydroxyl groups excluding tert-OH is 1. The Bertz CT molecular complexity index is 1270. The van der Waals surface area contributed by atoms with Crippen LogP contribution in [0.15, 0.2) is 48.8 Å². The van der Waals surface area contributed by atoms with Gasteiger partial charge in [-0.05, 0) is 37.7 Å². The number of halogens is 2. The van der Waals surface area contributed by atoms with Gasteiger partial charge in [0.15, 0.2) is 0 Å². The van der Waals surface area contributed by atoms with Gasteiger partial charge < -0.3 is 30.1 Å². The van der Waals surface area contributed by atoms with E-state index in [1.165, 1.54) is 24.5 Å². The smallest absolute Gasteiger partial charge is 0.248 e. The minimum Gasteiger partial charge on any atom is -0.486 e. The van der Waals surface area contributed by atoms with Crippen molar-refractivity contribution in [3.63, 3.8) is 0 Å². The first-order chi connectivity index (χ1) is 17.9. The molecule has 0 aliphatic carbocycles. The standard InChI is InChI=1S/C26H29ClFN5O4/c1-33(9-3-10-34)8-2-4-25(35)32-23-13-19-22(14-24(23)37-18-7-11-36-15-18)29-16-30-26(19)31-17-5-6-21(28)20(27)12-17/h2,4-6,12-14,16,18,34H,3,7-11,15H2,1H3,(H,32,35)(H,29,30,31)/b4-2+/t18-/m0/s1. The van der Waals surface area contributed by atoms with Crippen LogP contribution >= 0.6 is 11.6 Å². The summed E-state index contributed by atoms with van der Waals surface area (Å²) in [4.78, 5) is 23.4. The number of anilines is 3. The van der Waals surface area contributed by atoms with Gasteiger partial charge in [-0.15, -0.1) is 0 Å². The second kappa shape index (κ2) is 12.8. The maximum absolute atomic E-state index is 13.6. The first-order valence-electron chi connectivity index (χ1n) is 11.9. The number of aromatic nitrogens is 2. The second-order valence-electron chi connectivity index (χ2n) is 8.68. The van der Waals surface area contributed by atoms with E-state index in [2.05, 4.69) is 20.6 Å². The summed E-state index contributed by atoms with van der Waals surface area (Å²) in [6.07, 6.45) is 5.91. The Morgan fingerprint density at radius 2 is 2.22 bits per heavy atom. The van der Waals surface area contributed by atoms with Gasteiger partial charge >= 0.3 is 0 Å². The van der Waals surface area contributed by atoms with E-state index in [-0.39, 0.29) is 23.6 Å². The monoisotopic (exact) mass is 529 g/mol. The topological polar surface area (TPSA) is 109 Å². The third kappa shape index (κ3) is 7.36. The van der Waals surface area contributed by atoms with Crippen LogP contribution < -0.4 is 15.4 Å². The number of ether oxygens (including phenoxy) is 2. The molecular formula is C26H29ClFN5O4. The molecule has 3 N–H and O–H groups in total. The number of hydrogen-bond acceptors (Lipinski definition) is 8. The van der Waals surface area contributed by atoms with Crippen LogP contribution in [-0.2, 0) is 9.53 Å². The van der Waals surface area contributed by atoms with Gasteiger partial charge in [-0.3, -0.25) is 4.79 Å². The molecule has 11 heteroatoms. The highest BCUT2D eigenvalue weighted by Crippen LogP contribution is 2.35. The van der Waals surface area contributed by atoms with Gasteiger partial charge in [0.2, 0.25) is 5.91 Å². The summed E-state index contributed by atoms with van der Waals surface area (Å²) in [6, 6.07) is 7.78. The molecule has 1 amide bonds. The van der Waals surface area contributed by atoms with E-state index in [1.807, 2.05) is 11.9 Å². The minimum atomic E-state index is -0.518. The molecule has 2 heterocycles. The Hall–Kier alpha value is -3.31. The molecule has 0 unspecified atom stereocenters. The number of rotatable bonds is 11. The molecule has 0 radical (unpaired) electrons. The molecular weight excluding hydrogens is 501 g/mol. The van der Waals surface area contributed by atoms with Crippen molar-refractivity contribution >= 4 is 45.6 Å². The predicted molar refractivity (Wildman–Crippen MR) is 141 cm³/mol. The molecule has 9 nitrogen and oxygen atoms in total. The summed E-state index contributed by atoms with van der Waals surface area (Å²) in [7, 11) is 1.92. The zero-order valence-electron chi connectivity index (χ0n) is 20.4. The van der Waals surface area contributed by atoms with Gasteiger partial charge in [-0.2, -0.15) is 0 Å². The van der Waals surface area contributed by atoms with Crippen molar-refractivity contribution in [2.45, 2.75) is 18.9 Å². The molecule has 1 aliphatic rings. The third-order valence-electron chi connectivity index (χ3n) is 5.74. The molecule has 4 rings (SSSR count). The van der Waals surface area contributed by atoms with E-state index in [1.54, 1.807) is 24.3 Å². The van der Waals surface area contributed by atoms with Crippen molar-refractivity contribution in [2.75, 3.05) is 50.6 Å². The van der Waals surface area contributed by atoms with Crippen molar-refractivity contribution in [2.24, 2.45) is 0 Å². The van der Waals surface area contributed by atoms with E-state index in [0.29, 0.717) is 60.0 Å². The fraction of sp³-hybridized carbons (Fsp3) is 0.346. The van der Waals surface area contributed by atoms with Crippen molar-refractivity contribution in [3.8, 4) is 5.75 Å². The molecule has 1 atom stereocenters. The Morgan fingerprint density at radius 1 is 1.35 bits per heavy atom. The van der Waals surface area contributed by atoms with Crippen molar-refractivity contribution in [3.05, 3.63) is 59.7 Å². The zero-order valence-corrected chi connectivity index (χ0v) is 21.2. The average molecular weight is 530 g/mol. The molecule has 1 aliphatic heterocycles. The molecule has 1 aromatic heterocycles. The number of likely N-dealkylation sites (N-methyl/N-ethyl adjacent to an activating group) is 1. The first kappa shape index (κ1) is 26.7. The highest BCUT2D eigenvalue weighted by molar-refractivity contribution is 6.31. The number of nitrogens with one attached hydrogen (secondary N) is 2. The van der Waals surface area contributed by atoms with Gasteiger partial charge in [0, 0.05) is 49.3 Å². The van der Waals surface area contributed by atoms with Crippen LogP contribution in [0.2, 0.25) is 5.02 Å². The fourth-order valence-corrected chi connectivity index (χ4v) is 4.00. The van der Waals surface area contributed by atoms with Crippen molar-refractivity contribution in [1.82, 2.24) is 14.9 Å². The lowest BCUT2D eigenvalue weighted by Crippen LogP contribution is -2.21. The maximum atomic E-state index is 13.6. The normalized spacial score (nSPS) is 15.5. The number of aliphatic hydroxyl groups is 1. The van der Waals surface area contributed by atoms with Crippen LogP contribution in [0.25, 0.3) is 10.9 Å². The molecule has 3 aromatic rings. The largest absolute Gasteiger partial charge is 0.486 e. The Balaban J connectivity index is 1.60. The predicted octanol–water partition coefficient (Wildman–Crippen LogP) is 4.14. The van der Waals surface area contributed by atoms with Gasteiger partial charge in [0.05, 0.1) is 29.4 Å². The van der Waals surface area contributed by atoms with Gasteiger partial charge in [-0.1, -0.05) is 17.7 Å². The van der Waals surface area contributed by atoms with E-state index >= 15 is 0 Å². The van der Waals surface area contributed by atoms with Crippen LogP contribution in [0.3, 0.4) is 0 Å². The Kier molecular flexibility index (Phi) is 9.24. The van der Waals surface area contributed by atoms with E-state index < -0.39 is 5.82 Å². The SMILES string of the molecule is CN(C/C=C/C(=O)Nc1cc2c(Nc3ccc(F)c(Cl)c3)ncnc2cc1O[C@H]1CCOC1)CCCO. The summed E-state index contributed by atoms with van der Waals surface area (Å²) in [5, 5.41) is 15.6. The second-order valence-corrected chi connectivity index (χ2v) is 9.08. The minimum absolute atomic E-state index is 0.0143. The third-order valence-corrected chi connectivity index (χ3v) is 6.03. The highest BCUT2D eigenvalue weighted by Gasteiger charge is 2.21. The van der Waals surface area contributed by atoms with Crippen molar-refractivity contribution in [1.29, 1.82) is 0 Å². The molecule has 196 valence electrons. The number of benzene rings is 2. The van der Waals surface area contributed by atoms with Crippen LogP contribution in [0.1, 0.15) is 12.8 Å². The number of nitrogens with zero attached hydrogens (tertiary/aromatic N) is 3. The van der Waals surface area contributed by atoms with Crippen LogP contribution in [-0.4, -0.2) is 71.9 Å². The van der Waals surface area contributed by atoms with E-state index in [4.69, 9.17) is 26.2 Å². The molecule has 0 spiro atoms. The number of fused-ring (bicyclic) bond motifs is 1. The van der Waals surface area contributed by atoms with Gasteiger partial charge in [0.1, 0.15) is 29.8 Å². The lowest BCUT2D eigenvalue weighted by atomic mass is 10.1. The van der Waals surface area contributed by atoms with Crippen LogP contribution in [0.4, 0.5) is 21.6 Å². The zero-order chi connectivity index (χ0) is 26.2. The first-order valence-corrected chi connectivity index (χ1v) is 12.3. The Morgan fingerprint density at radius 3 is 2.97 bits per heavy atom. The summed E-state index contributed by atoms with van der Waals surface area (Å²) >= 11 is 5.93. The summed E-state index contributed by atoms with van der Waals surface area (Å²) in [5.74, 6) is 0.0912. The fourth-order valence-electron chi connectivity index (χ4n) is 3.82. The quantitative estimate of drug-likeness (QED) is 0.318. The van der Waals surface area contributed by atoms with Crippen LogP contribution in [0.5, 0.6) is 5.75 Å². The molecule has 1 fully saturated rings. The molecule has 0 saturated carbocycles. The summed E-state index contributed by atoms with van der Waals surface area (Å²) in [6.45, 7) is 2.50. The summed E-state index contributed by atoms with van der Waals surface area (Å²) in [5.41, 5.74) is 1.60. The molecule has 2 aromatic carbocycles. The highest BCUT2D eigenvalue weighted by atomic mass is 35.5. The van der Waals surface area contributed by atoms with Crippen molar-refractivity contribution < 1.29 is 23.8 Å². The molecule has 0 bridgehead atoms. The Labute approximate surface area is 219 Å². The average Bonchev–Trinajstić information content (AvgIpc) is 3.39. The van der Waals surface area contributed by atoms with Crippen LogP contribution in [0, 0.1) is 5.82 Å². The van der Waals surface area contributed by atoms with Gasteiger partial charge in [0.25, 0.3) is 0 Å². The maximum Gasteiger partial charge on any atom is 0.248 e.